The SMILES string of the molecule is Nc1c2c(nn1-c1ccc(Cl)cc1)CCOC2. The molecule has 0 fully saturated rings. The summed E-state index contributed by atoms with van der Waals surface area (Å²) < 4.78 is 7.14. The number of ether oxygens (including phenoxy) is 1. The van der Waals surface area contributed by atoms with Crippen molar-refractivity contribution < 1.29 is 4.74 Å². The van der Waals surface area contributed by atoms with Gasteiger partial charge in [0.05, 0.1) is 24.6 Å². The molecule has 5 heteroatoms. The summed E-state index contributed by atoms with van der Waals surface area (Å²) >= 11 is 5.86. The lowest BCUT2D eigenvalue weighted by Crippen LogP contribution is -2.09. The lowest BCUT2D eigenvalue weighted by atomic mass is 10.1. The number of hydrogen-bond donors (Lipinski definition) is 1. The fourth-order valence-corrected chi connectivity index (χ4v) is 2.12. The number of rotatable bonds is 1. The Morgan fingerprint density at radius 2 is 2.06 bits per heavy atom. The van der Waals surface area contributed by atoms with Crippen LogP contribution in [0.4, 0.5) is 5.82 Å². The molecule has 4 nitrogen and oxygen atoms in total. The van der Waals surface area contributed by atoms with Crippen LogP contribution in [0.25, 0.3) is 5.69 Å². The quantitative estimate of drug-likeness (QED) is 0.843. The number of benzene rings is 1. The summed E-state index contributed by atoms with van der Waals surface area (Å²) in [5.41, 5.74) is 9.04. The fourth-order valence-electron chi connectivity index (χ4n) is 1.99. The maximum Gasteiger partial charge on any atom is 0.133 e. The summed E-state index contributed by atoms with van der Waals surface area (Å²) in [4.78, 5) is 0. The van der Waals surface area contributed by atoms with E-state index in [-0.39, 0.29) is 0 Å². The van der Waals surface area contributed by atoms with E-state index in [2.05, 4.69) is 5.10 Å². The summed E-state index contributed by atoms with van der Waals surface area (Å²) in [7, 11) is 0. The van der Waals surface area contributed by atoms with Crippen molar-refractivity contribution in [2.24, 2.45) is 0 Å². The molecule has 3 rings (SSSR count). The smallest absolute Gasteiger partial charge is 0.133 e. The molecule has 88 valence electrons. The van der Waals surface area contributed by atoms with Crippen molar-refractivity contribution in [2.75, 3.05) is 12.3 Å². The Morgan fingerprint density at radius 1 is 1.29 bits per heavy atom. The maximum atomic E-state index is 6.08. The number of fused-ring (bicyclic) bond motifs is 1. The predicted octanol–water partition coefficient (Wildman–Crippen LogP) is 2.18. The van der Waals surface area contributed by atoms with Crippen LogP contribution in [-0.4, -0.2) is 16.4 Å². The molecule has 1 aromatic heterocycles. The van der Waals surface area contributed by atoms with Crippen LogP contribution in [0.2, 0.25) is 5.02 Å². The minimum Gasteiger partial charge on any atom is -0.383 e. The van der Waals surface area contributed by atoms with Gasteiger partial charge in [0.1, 0.15) is 5.82 Å². The van der Waals surface area contributed by atoms with Crippen LogP contribution in [0.15, 0.2) is 24.3 Å². The maximum absolute atomic E-state index is 6.08. The zero-order valence-electron chi connectivity index (χ0n) is 9.19. The Bertz CT molecular complexity index is 548. The van der Waals surface area contributed by atoms with Gasteiger partial charge in [-0.1, -0.05) is 11.6 Å². The van der Waals surface area contributed by atoms with Crippen molar-refractivity contribution >= 4 is 17.4 Å². The summed E-state index contributed by atoms with van der Waals surface area (Å²) in [5, 5.41) is 5.22. The Balaban J connectivity index is 2.09. The zero-order valence-corrected chi connectivity index (χ0v) is 9.94. The number of anilines is 1. The molecule has 0 saturated heterocycles. The zero-order chi connectivity index (χ0) is 11.8. The second-order valence-corrected chi connectivity index (χ2v) is 4.44. The first-order chi connectivity index (χ1) is 8.25. The lowest BCUT2D eigenvalue weighted by Gasteiger charge is -2.10. The molecular formula is C12H12ClN3O. The Hall–Kier alpha value is -1.52. The Kier molecular flexibility index (Phi) is 2.53. The summed E-state index contributed by atoms with van der Waals surface area (Å²) in [6.45, 7) is 1.26. The normalized spacial score (nSPS) is 14.6. The van der Waals surface area contributed by atoms with E-state index < -0.39 is 0 Å². The van der Waals surface area contributed by atoms with Crippen LogP contribution in [0, 0.1) is 0 Å². The third-order valence-electron chi connectivity index (χ3n) is 2.91. The predicted molar refractivity (Wildman–Crippen MR) is 66.3 cm³/mol. The van der Waals surface area contributed by atoms with Gasteiger partial charge in [0.15, 0.2) is 0 Å². The van der Waals surface area contributed by atoms with Gasteiger partial charge in [0.2, 0.25) is 0 Å². The molecule has 1 aromatic carbocycles. The number of nitrogens with two attached hydrogens (primary N) is 1. The monoisotopic (exact) mass is 249 g/mol. The van der Waals surface area contributed by atoms with Crippen LogP contribution in [-0.2, 0) is 17.8 Å². The van der Waals surface area contributed by atoms with Gasteiger partial charge in [-0.2, -0.15) is 5.10 Å². The highest BCUT2D eigenvalue weighted by Crippen LogP contribution is 2.25. The first-order valence-corrected chi connectivity index (χ1v) is 5.83. The van der Waals surface area contributed by atoms with Gasteiger partial charge >= 0.3 is 0 Å². The first kappa shape index (κ1) is 10.6. The molecular weight excluding hydrogens is 238 g/mol. The van der Waals surface area contributed by atoms with E-state index in [1.807, 2.05) is 24.3 Å². The minimum absolute atomic E-state index is 0.550. The molecule has 2 aromatic rings. The molecule has 0 unspecified atom stereocenters. The highest BCUT2D eigenvalue weighted by molar-refractivity contribution is 6.30. The van der Waals surface area contributed by atoms with Crippen LogP contribution in [0.1, 0.15) is 11.3 Å². The minimum atomic E-state index is 0.550. The highest BCUT2D eigenvalue weighted by atomic mass is 35.5. The molecule has 0 spiro atoms. The standard InChI is InChI=1S/C12H12ClN3O/c13-8-1-3-9(4-2-8)16-12(14)10-7-17-6-5-11(10)15-16/h1-4H,5-7,14H2. The molecule has 0 atom stereocenters. The van der Waals surface area contributed by atoms with E-state index in [4.69, 9.17) is 22.1 Å². The van der Waals surface area contributed by atoms with E-state index in [1.165, 1.54) is 0 Å². The van der Waals surface area contributed by atoms with Crippen molar-refractivity contribution in [1.82, 2.24) is 9.78 Å². The van der Waals surface area contributed by atoms with Gasteiger partial charge < -0.3 is 10.5 Å². The van der Waals surface area contributed by atoms with Crippen molar-refractivity contribution in [3.8, 4) is 5.69 Å². The van der Waals surface area contributed by atoms with Gasteiger partial charge in [-0.15, -0.1) is 0 Å². The summed E-state index contributed by atoms with van der Waals surface area (Å²) in [6, 6.07) is 7.46. The second-order valence-electron chi connectivity index (χ2n) is 4.00. The Morgan fingerprint density at radius 3 is 2.76 bits per heavy atom. The van der Waals surface area contributed by atoms with Gasteiger partial charge in [0.25, 0.3) is 0 Å². The van der Waals surface area contributed by atoms with Crippen LogP contribution < -0.4 is 5.73 Å². The summed E-state index contributed by atoms with van der Waals surface area (Å²) in [5.74, 6) is 0.655. The van der Waals surface area contributed by atoms with Crippen molar-refractivity contribution in [3.63, 3.8) is 0 Å². The molecule has 0 aliphatic carbocycles. The lowest BCUT2D eigenvalue weighted by molar-refractivity contribution is 0.110. The Labute approximate surface area is 104 Å². The molecule has 0 bridgehead atoms. The largest absolute Gasteiger partial charge is 0.383 e. The molecule has 0 amide bonds. The second kappa shape index (κ2) is 4.05. The van der Waals surface area contributed by atoms with Crippen molar-refractivity contribution in [3.05, 3.63) is 40.5 Å². The average Bonchev–Trinajstić information content (AvgIpc) is 2.69. The van der Waals surface area contributed by atoms with Crippen molar-refractivity contribution in [2.45, 2.75) is 13.0 Å². The molecule has 0 radical (unpaired) electrons. The van der Waals surface area contributed by atoms with Gasteiger partial charge in [0, 0.05) is 17.0 Å². The molecule has 2 heterocycles. The first-order valence-electron chi connectivity index (χ1n) is 5.45. The van der Waals surface area contributed by atoms with E-state index >= 15 is 0 Å². The molecule has 0 saturated carbocycles. The van der Waals surface area contributed by atoms with Crippen molar-refractivity contribution in [1.29, 1.82) is 0 Å². The number of hydrogen-bond acceptors (Lipinski definition) is 3. The number of halogens is 1. The van der Waals surface area contributed by atoms with E-state index in [0.717, 1.165) is 23.4 Å². The van der Waals surface area contributed by atoms with Gasteiger partial charge in [-0.25, -0.2) is 4.68 Å². The van der Waals surface area contributed by atoms with E-state index in [9.17, 15) is 0 Å². The number of nitrogens with zero attached hydrogens (tertiary/aromatic N) is 2. The third-order valence-corrected chi connectivity index (χ3v) is 3.16. The van der Waals surface area contributed by atoms with Crippen LogP contribution in [0.3, 0.4) is 0 Å². The van der Waals surface area contributed by atoms with E-state index in [0.29, 0.717) is 24.1 Å². The molecule has 1 aliphatic rings. The van der Waals surface area contributed by atoms with Crippen LogP contribution in [0.5, 0.6) is 0 Å². The van der Waals surface area contributed by atoms with Gasteiger partial charge in [-0.05, 0) is 24.3 Å². The van der Waals surface area contributed by atoms with Gasteiger partial charge in [-0.3, -0.25) is 0 Å². The van der Waals surface area contributed by atoms with Crippen LogP contribution >= 0.6 is 11.6 Å². The number of aromatic nitrogens is 2. The fraction of sp³-hybridized carbons (Fsp3) is 0.250. The highest BCUT2D eigenvalue weighted by Gasteiger charge is 2.19. The molecule has 17 heavy (non-hydrogen) atoms. The third kappa shape index (κ3) is 1.79. The molecule has 1 aliphatic heterocycles. The van der Waals surface area contributed by atoms with E-state index in [1.54, 1.807) is 4.68 Å². The topological polar surface area (TPSA) is 53.1 Å². The summed E-state index contributed by atoms with van der Waals surface area (Å²) in [6.07, 6.45) is 0.820. The average molecular weight is 250 g/mol. The number of nitrogen functional groups attached to an aromatic ring is 1. The molecule has 2 N–H and O–H groups in total.